The zero-order valence-electron chi connectivity index (χ0n) is 11.2. The molecule has 1 aliphatic rings. The summed E-state index contributed by atoms with van der Waals surface area (Å²) in [5.74, 6) is 0. The molecular formula is C16H22FN. The molecule has 1 aromatic heterocycles. The van der Waals surface area contributed by atoms with Crippen LogP contribution in [0.1, 0.15) is 50.3 Å². The first-order valence-electron chi connectivity index (χ1n) is 7.03. The highest BCUT2D eigenvalue weighted by Gasteiger charge is 2.11. The lowest BCUT2D eigenvalue weighted by atomic mass is 10.0. The molecule has 0 bridgehead atoms. The van der Waals surface area contributed by atoms with E-state index >= 15 is 0 Å². The summed E-state index contributed by atoms with van der Waals surface area (Å²) in [6.45, 7) is 2.18. The van der Waals surface area contributed by atoms with Gasteiger partial charge < -0.3 is 0 Å². The van der Waals surface area contributed by atoms with Gasteiger partial charge in [-0.25, -0.2) is 4.39 Å². The zero-order chi connectivity index (χ0) is 12.8. The lowest BCUT2D eigenvalue weighted by molar-refractivity contribution is 0.316. The molecule has 0 aliphatic heterocycles. The molecule has 1 unspecified atom stereocenters. The van der Waals surface area contributed by atoms with Crippen molar-refractivity contribution in [3.05, 3.63) is 41.2 Å². The number of aryl methyl sites for hydroxylation is 1. The third-order valence-corrected chi connectivity index (χ3v) is 3.51. The number of halogens is 1. The first-order valence-corrected chi connectivity index (χ1v) is 7.03. The number of pyridine rings is 1. The number of hydrogen-bond donors (Lipinski definition) is 0. The standard InChI is InChI=1S/C16H22FN/c1-2-4-14-8-10-16(18-12-14)11-13-5-3-6-15(17)9-7-13/h7-8,10,12,15H,2-6,9,11H2,1H3. The molecule has 0 amide bonds. The third kappa shape index (κ3) is 3.94. The smallest absolute Gasteiger partial charge is 0.104 e. The van der Waals surface area contributed by atoms with Crippen molar-refractivity contribution in [1.82, 2.24) is 4.98 Å². The summed E-state index contributed by atoms with van der Waals surface area (Å²) in [6.07, 6.45) is 9.87. The van der Waals surface area contributed by atoms with Gasteiger partial charge in [0, 0.05) is 18.3 Å². The Bertz CT molecular complexity index is 394. The van der Waals surface area contributed by atoms with E-state index in [4.69, 9.17) is 0 Å². The molecule has 0 spiro atoms. The van der Waals surface area contributed by atoms with Crippen LogP contribution in [-0.4, -0.2) is 11.2 Å². The zero-order valence-corrected chi connectivity index (χ0v) is 11.2. The van der Waals surface area contributed by atoms with Crippen LogP contribution in [0, 0.1) is 0 Å². The van der Waals surface area contributed by atoms with Gasteiger partial charge in [-0.1, -0.05) is 31.1 Å². The molecule has 98 valence electrons. The van der Waals surface area contributed by atoms with E-state index in [2.05, 4.69) is 30.1 Å². The van der Waals surface area contributed by atoms with E-state index in [9.17, 15) is 4.39 Å². The average Bonchev–Trinajstić information content (AvgIpc) is 2.57. The van der Waals surface area contributed by atoms with Crippen LogP contribution >= 0.6 is 0 Å². The van der Waals surface area contributed by atoms with E-state index in [-0.39, 0.29) is 0 Å². The second-order valence-corrected chi connectivity index (χ2v) is 5.17. The molecule has 1 heterocycles. The predicted octanol–water partition coefficient (Wildman–Crippen LogP) is 4.42. The Kier molecular flexibility index (Phi) is 4.91. The van der Waals surface area contributed by atoms with Gasteiger partial charge in [0.15, 0.2) is 0 Å². The summed E-state index contributed by atoms with van der Waals surface area (Å²) in [5, 5.41) is 0. The van der Waals surface area contributed by atoms with Crippen LogP contribution in [0.25, 0.3) is 0 Å². The molecule has 2 heteroatoms. The van der Waals surface area contributed by atoms with Crippen LogP contribution in [0.3, 0.4) is 0 Å². The number of aromatic nitrogens is 1. The van der Waals surface area contributed by atoms with Crippen molar-refractivity contribution in [2.75, 3.05) is 0 Å². The van der Waals surface area contributed by atoms with Crippen molar-refractivity contribution in [1.29, 1.82) is 0 Å². The van der Waals surface area contributed by atoms with Crippen molar-refractivity contribution in [3.63, 3.8) is 0 Å². The molecule has 1 nitrogen and oxygen atoms in total. The van der Waals surface area contributed by atoms with Gasteiger partial charge >= 0.3 is 0 Å². The Labute approximate surface area is 109 Å². The highest BCUT2D eigenvalue weighted by atomic mass is 19.1. The summed E-state index contributed by atoms with van der Waals surface area (Å²) < 4.78 is 13.2. The minimum Gasteiger partial charge on any atom is -0.261 e. The van der Waals surface area contributed by atoms with E-state index in [0.717, 1.165) is 37.8 Å². The molecular weight excluding hydrogens is 225 g/mol. The van der Waals surface area contributed by atoms with Crippen molar-refractivity contribution >= 4 is 0 Å². The van der Waals surface area contributed by atoms with Gasteiger partial charge in [-0.05, 0) is 43.7 Å². The van der Waals surface area contributed by atoms with Crippen LogP contribution in [0.15, 0.2) is 30.0 Å². The maximum atomic E-state index is 13.2. The second-order valence-electron chi connectivity index (χ2n) is 5.17. The molecule has 1 atom stereocenters. The maximum absolute atomic E-state index is 13.2. The molecule has 1 aliphatic carbocycles. The lowest BCUT2D eigenvalue weighted by Crippen LogP contribution is -1.95. The van der Waals surface area contributed by atoms with Crippen molar-refractivity contribution in [2.24, 2.45) is 0 Å². The lowest BCUT2D eigenvalue weighted by Gasteiger charge is -2.05. The van der Waals surface area contributed by atoms with Gasteiger partial charge in [0.05, 0.1) is 0 Å². The molecule has 0 saturated carbocycles. The summed E-state index contributed by atoms with van der Waals surface area (Å²) in [7, 11) is 0. The van der Waals surface area contributed by atoms with Crippen LogP contribution < -0.4 is 0 Å². The van der Waals surface area contributed by atoms with E-state index in [1.54, 1.807) is 0 Å². The minimum absolute atomic E-state index is 0.587. The summed E-state index contributed by atoms with van der Waals surface area (Å²) in [4.78, 5) is 4.51. The predicted molar refractivity (Wildman–Crippen MR) is 73.4 cm³/mol. The van der Waals surface area contributed by atoms with E-state index in [1.165, 1.54) is 11.1 Å². The summed E-state index contributed by atoms with van der Waals surface area (Å²) in [5.41, 5.74) is 3.77. The van der Waals surface area contributed by atoms with Crippen LogP contribution in [0.4, 0.5) is 4.39 Å². The average molecular weight is 247 g/mol. The number of hydrogen-bond acceptors (Lipinski definition) is 1. The monoisotopic (exact) mass is 247 g/mol. The quantitative estimate of drug-likeness (QED) is 0.718. The van der Waals surface area contributed by atoms with Gasteiger partial charge in [0.1, 0.15) is 6.17 Å². The maximum Gasteiger partial charge on any atom is 0.104 e. The molecule has 0 fully saturated rings. The van der Waals surface area contributed by atoms with E-state index in [1.807, 2.05) is 6.20 Å². The Morgan fingerprint density at radius 3 is 3.00 bits per heavy atom. The first-order chi connectivity index (χ1) is 8.78. The Morgan fingerprint density at radius 1 is 1.39 bits per heavy atom. The topological polar surface area (TPSA) is 12.9 Å². The van der Waals surface area contributed by atoms with Crippen LogP contribution in [0.2, 0.25) is 0 Å². The first kappa shape index (κ1) is 13.3. The largest absolute Gasteiger partial charge is 0.261 e. The summed E-state index contributed by atoms with van der Waals surface area (Å²) >= 11 is 0. The molecule has 0 aromatic carbocycles. The third-order valence-electron chi connectivity index (χ3n) is 3.51. The van der Waals surface area contributed by atoms with Gasteiger partial charge in [0.25, 0.3) is 0 Å². The van der Waals surface area contributed by atoms with E-state index < -0.39 is 6.17 Å². The van der Waals surface area contributed by atoms with Crippen LogP contribution in [-0.2, 0) is 12.8 Å². The van der Waals surface area contributed by atoms with Crippen molar-refractivity contribution < 1.29 is 4.39 Å². The fraction of sp³-hybridized carbons (Fsp3) is 0.562. The minimum atomic E-state index is -0.637. The number of allylic oxidation sites excluding steroid dienone is 2. The number of nitrogens with zero attached hydrogens (tertiary/aromatic N) is 1. The highest BCUT2D eigenvalue weighted by Crippen LogP contribution is 2.22. The van der Waals surface area contributed by atoms with Gasteiger partial charge in [0.2, 0.25) is 0 Å². The fourth-order valence-electron chi connectivity index (χ4n) is 2.45. The highest BCUT2D eigenvalue weighted by molar-refractivity contribution is 5.20. The molecule has 1 aromatic rings. The Balaban J connectivity index is 1.96. The normalized spacial score (nSPS) is 20.3. The molecule has 18 heavy (non-hydrogen) atoms. The van der Waals surface area contributed by atoms with Crippen molar-refractivity contribution in [2.45, 2.75) is 58.0 Å². The van der Waals surface area contributed by atoms with Crippen molar-refractivity contribution in [3.8, 4) is 0 Å². The Hall–Kier alpha value is -1.18. The van der Waals surface area contributed by atoms with Crippen LogP contribution in [0.5, 0.6) is 0 Å². The molecule has 0 radical (unpaired) electrons. The van der Waals surface area contributed by atoms with Gasteiger partial charge in [-0.3, -0.25) is 4.98 Å². The molecule has 2 rings (SSSR count). The van der Waals surface area contributed by atoms with Gasteiger partial charge in [-0.15, -0.1) is 0 Å². The summed E-state index contributed by atoms with van der Waals surface area (Å²) in [6, 6.07) is 4.28. The molecule has 0 N–H and O–H groups in total. The SMILES string of the molecule is CCCc1ccc(CC2=CCC(F)CCC2)nc1. The fourth-order valence-corrected chi connectivity index (χ4v) is 2.45. The number of alkyl halides is 1. The Morgan fingerprint density at radius 2 is 2.28 bits per heavy atom. The number of rotatable bonds is 4. The van der Waals surface area contributed by atoms with E-state index in [0.29, 0.717) is 12.8 Å². The second kappa shape index (κ2) is 6.67. The molecule has 0 saturated heterocycles. The van der Waals surface area contributed by atoms with Gasteiger partial charge in [-0.2, -0.15) is 0 Å².